The van der Waals surface area contributed by atoms with Crippen LogP contribution in [0.15, 0.2) is 43.0 Å². The molecular weight excluding hydrogens is 338 g/mol. The first-order chi connectivity index (χ1) is 13.0. The molecule has 1 fully saturated rings. The number of ketones is 1. The lowest BCUT2D eigenvalue weighted by Gasteiger charge is -2.34. The Labute approximate surface area is 161 Å². The van der Waals surface area contributed by atoms with Crippen LogP contribution in [-0.4, -0.2) is 50.2 Å². The maximum atomic E-state index is 12.9. The first-order valence-corrected chi connectivity index (χ1v) is 9.57. The molecule has 0 atom stereocenters. The summed E-state index contributed by atoms with van der Waals surface area (Å²) in [6, 6.07) is 10.1. The van der Waals surface area contributed by atoms with Crippen LogP contribution in [-0.2, 0) is 6.54 Å². The summed E-state index contributed by atoms with van der Waals surface area (Å²) in [5.41, 5.74) is 4.16. The predicted molar refractivity (Wildman–Crippen MR) is 109 cm³/mol. The molecule has 27 heavy (non-hydrogen) atoms. The van der Waals surface area contributed by atoms with Crippen LogP contribution in [0.3, 0.4) is 0 Å². The molecule has 0 amide bonds. The van der Waals surface area contributed by atoms with Crippen LogP contribution < -0.4 is 14.5 Å². The van der Waals surface area contributed by atoms with E-state index in [1.54, 1.807) is 7.11 Å². The number of aromatic nitrogens is 1. The van der Waals surface area contributed by atoms with Crippen LogP contribution in [0.25, 0.3) is 0 Å². The lowest BCUT2D eigenvalue weighted by Crippen LogP contribution is -3.15. The van der Waals surface area contributed by atoms with Gasteiger partial charge in [0.05, 0.1) is 39.0 Å². The molecule has 1 N–H and O–H groups in total. The molecule has 5 heteroatoms. The second-order valence-corrected chi connectivity index (χ2v) is 7.19. The Morgan fingerprint density at radius 2 is 1.96 bits per heavy atom. The van der Waals surface area contributed by atoms with Gasteiger partial charge in [0.15, 0.2) is 0 Å². The van der Waals surface area contributed by atoms with E-state index >= 15 is 0 Å². The average Bonchev–Trinajstić information content (AvgIpc) is 2.97. The van der Waals surface area contributed by atoms with E-state index in [9.17, 15) is 4.79 Å². The molecule has 0 radical (unpaired) electrons. The highest BCUT2D eigenvalue weighted by molar-refractivity contribution is 5.98. The summed E-state index contributed by atoms with van der Waals surface area (Å²) >= 11 is 0. The Bertz CT molecular complexity index is 817. The molecule has 0 spiro atoms. The molecule has 1 saturated heterocycles. The molecule has 1 aliphatic heterocycles. The number of rotatable bonds is 7. The molecule has 1 aromatic carbocycles. The third kappa shape index (κ3) is 4.08. The number of quaternary nitrogens is 1. The number of allylic oxidation sites excluding steroid dienone is 1. The summed E-state index contributed by atoms with van der Waals surface area (Å²) < 4.78 is 7.63. The van der Waals surface area contributed by atoms with Gasteiger partial charge < -0.3 is 19.1 Å². The van der Waals surface area contributed by atoms with Gasteiger partial charge >= 0.3 is 0 Å². The van der Waals surface area contributed by atoms with Crippen molar-refractivity contribution in [1.82, 2.24) is 4.57 Å². The molecule has 5 nitrogen and oxygen atoms in total. The number of hydrogen-bond donors (Lipinski definition) is 1. The number of piperazine rings is 1. The van der Waals surface area contributed by atoms with Crippen molar-refractivity contribution < 1.29 is 14.4 Å². The number of benzene rings is 1. The van der Waals surface area contributed by atoms with Crippen molar-refractivity contribution in [3.8, 4) is 5.75 Å². The van der Waals surface area contributed by atoms with E-state index in [-0.39, 0.29) is 5.78 Å². The van der Waals surface area contributed by atoms with E-state index in [2.05, 4.69) is 22.1 Å². The van der Waals surface area contributed by atoms with Gasteiger partial charge in [0, 0.05) is 23.5 Å². The fourth-order valence-corrected chi connectivity index (χ4v) is 3.95. The minimum atomic E-state index is 0.235. The van der Waals surface area contributed by atoms with Crippen molar-refractivity contribution in [3.05, 3.63) is 59.9 Å². The molecule has 3 rings (SSSR count). The summed E-state index contributed by atoms with van der Waals surface area (Å²) in [4.78, 5) is 16.6. The Balaban J connectivity index is 1.62. The molecule has 144 valence electrons. The number of nitrogens with one attached hydrogen (secondary N) is 1. The number of Topliss-reactive ketones (excluding diaryl/α,β-unsaturated/α-hetero) is 1. The first-order valence-electron chi connectivity index (χ1n) is 9.57. The maximum absolute atomic E-state index is 12.9. The van der Waals surface area contributed by atoms with E-state index in [1.165, 1.54) is 4.90 Å². The van der Waals surface area contributed by atoms with Crippen molar-refractivity contribution in [2.75, 3.05) is 44.7 Å². The molecule has 0 bridgehead atoms. The van der Waals surface area contributed by atoms with Crippen molar-refractivity contribution in [2.45, 2.75) is 20.4 Å². The molecule has 2 aromatic rings. The Hall–Kier alpha value is -2.53. The van der Waals surface area contributed by atoms with E-state index in [0.717, 1.165) is 61.1 Å². The van der Waals surface area contributed by atoms with Gasteiger partial charge in [-0.25, -0.2) is 0 Å². The summed E-state index contributed by atoms with van der Waals surface area (Å²) in [7, 11) is 1.71. The summed E-state index contributed by atoms with van der Waals surface area (Å²) in [5, 5.41) is 0. The van der Waals surface area contributed by atoms with E-state index in [1.807, 2.05) is 44.2 Å². The number of para-hydroxylation sites is 2. The second kappa shape index (κ2) is 8.44. The minimum Gasteiger partial charge on any atom is -0.495 e. The Morgan fingerprint density at radius 1 is 1.26 bits per heavy atom. The minimum absolute atomic E-state index is 0.235. The van der Waals surface area contributed by atoms with Gasteiger partial charge in [-0.2, -0.15) is 0 Å². The van der Waals surface area contributed by atoms with Crippen molar-refractivity contribution in [1.29, 1.82) is 0 Å². The maximum Gasteiger partial charge on any atom is 0.218 e. The predicted octanol–water partition coefficient (Wildman–Crippen LogP) is 1.89. The number of hydrogen-bond acceptors (Lipinski definition) is 3. The van der Waals surface area contributed by atoms with E-state index < -0.39 is 0 Å². The van der Waals surface area contributed by atoms with Gasteiger partial charge in [0.1, 0.15) is 12.3 Å². The summed E-state index contributed by atoms with van der Waals surface area (Å²) in [5.74, 6) is 1.14. The summed E-state index contributed by atoms with van der Waals surface area (Å²) in [6.45, 7) is 12.9. The third-order valence-electron chi connectivity index (χ3n) is 5.49. The van der Waals surface area contributed by atoms with E-state index in [0.29, 0.717) is 6.54 Å². The highest BCUT2D eigenvalue weighted by atomic mass is 16.5. The lowest BCUT2D eigenvalue weighted by molar-refractivity contribution is -0.892. The first kappa shape index (κ1) is 19.2. The SMILES string of the molecule is C=CCn1c(C)cc(C(=O)C[NH+]2CCN(c3ccccc3OC)CC2)c1C. The number of carbonyl (C=O) groups is 1. The fourth-order valence-electron chi connectivity index (χ4n) is 3.95. The van der Waals surface area contributed by atoms with Crippen LogP contribution in [0.4, 0.5) is 5.69 Å². The fraction of sp³-hybridized carbons (Fsp3) is 0.409. The van der Waals surface area contributed by atoms with Gasteiger partial charge in [0.2, 0.25) is 5.78 Å². The number of nitrogens with zero attached hydrogens (tertiary/aromatic N) is 2. The molecule has 1 aliphatic rings. The number of methoxy groups -OCH3 is 1. The zero-order chi connectivity index (χ0) is 19.4. The largest absolute Gasteiger partial charge is 0.495 e. The van der Waals surface area contributed by atoms with Gasteiger partial charge in [-0.15, -0.1) is 6.58 Å². The van der Waals surface area contributed by atoms with Gasteiger partial charge in [-0.1, -0.05) is 18.2 Å². The summed E-state index contributed by atoms with van der Waals surface area (Å²) in [6.07, 6.45) is 1.87. The van der Waals surface area contributed by atoms with Gasteiger partial charge in [-0.05, 0) is 32.0 Å². The smallest absolute Gasteiger partial charge is 0.218 e. The van der Waals surface area contributed by atoms with Crippen LogP contribution in [0.5, 0.6) is 5.75 Å². The normalized spacial score (nSPS) is 15.0. The quantitative estimate of drug-likeness (QED) is 0.599. The van der Waals surface area contributed by atoms with Crippen LogP contribution in [0.1, 0.15) is 21.7 Å². The number of aryl methyl sites for hydroxylation is 1. The highest BCUT2D eigenvalue weighted by Crippen LogP contribution is 2.27. The van der Waals surface area contributed by atoms with E-state index in [4.69, 9.17) is 4.74 Å². The zero-order valence-corrected chi connectivity index (χ0v) is 16.6. The molecule has 0 unspecified atom stereocenters. The Morgan fingerprint density at radius 3 is 2.63 bits per heavy atom. The van der Waals surface area contributed by atoms with Crippen LogP contribution in [0.2, 0.25) is 0 Å². The molecule has 0 saturated carbocycles. The molecule has 0 aliphatic carbocycles. The number of anilines is 1. The number of ether oxygens (including phenoxy) is 1. The van der Waals surface area contributed by atoms with Gasteiger partial charge in [-0.3, -0.25) is 4.79 Å². The lowest BCUT2D eigenvalue weighted by atomic mass is 10.1. The third-order valence-corrected chi connectivity index (χ3v) is 5.49. The average molecular weight is 369 g/mol. The van der Waals surface area contributed by atoms with Gasteiger partial charge in [0.25, 0.3) is 0 Å². The standard InChI is InChI=1S/C22H29N3O2/c1-5-10-25-17(2)15-19(18(25)3)21(26)16-23-11-13-24(14-12-23)20-8-6-7-9-22(20)27-4/h5-9,15H,1,10-14,16H2,2-4H3/p+1. The Kier molecular flexibility index (Phi) is 6.01. The topological polar surface area (TPSA) is 38.9 Å². The highest BCUT2D eigenvalue weighted by Gasteiger charge is 2.25. The van der Waals surface area contributed by atoms with Crippen molar-refractivity contribution >= 4 is 11.5 Å². The molecular formula is C22H30N3O2+. The molecule has 1 aromatic heterocycles. The monoisotopic (exact) mass is 368 g/mol. The van der Waals surface area contributed by atoms with Crippen molar-refractivity contribution in [2.24, 2.45) is 0 Å². The number of carbonyl (C=O) groups excluding carboxylic acids is 1. The second-order valence-electron chi connectivity index (χ2n) is 7.19. The van der Waals surface area contributed by atoms with Crippen molar-refractivity contribution in [3.63, 3.8) is 0 Å². The zero-order valence-electron chi connectivity index (χ0n) is 16.6. The van der Waals surface area contributed by atoms with Crippen LogP contribution in [0, 0.1) is 13.8 Å². The van der Waals surface area contributed by atoms with Crippen LogP contribution >= 0.6 is 0 Å². The molecule has 2 heterocycles.